The summed E-state index contributed by atoms with van der Waals surface area (Å²) in [4.78, 5) is 1.45. The maximum absolute atomic E-state index is 12.2. The Hall–Kier alpha value is -6.85. The maximum atomic E-state index is 12.2. The Kier molecular flexibility index (Phi) is 20.1. The number of unbranched alkanes of at least 4 members (excludes halogenated alkanes) is 1. The standard InChI is InChI=1S/C64H66Cl2N2O4S2.2C7H7.Hf/c1-61(2,3)37-15-21-49-43(29-37)44-30-38(62(4,5)6)16-22-50(44)67(49)53-35-73-59(57(53)69)47-33-41(65)19-25-55(47)71-27-13-14-28-72-56-26-20-42(66)34-48(56)60-58(70)54(36-74-60)68-51-23-17-39(63(7,8)9)31-45(51)46-32-40(64(10,11)12)18-24-52(46)68;2*1-7-5-3-2-4-6-7;/h15-26,29-36,69-70H,13-14,27-28H2,1-12H3;2*2-6H,1H2;/q;2*-1;/p+2. The van der Waals surface area contributed by atoms with E-state index in [2.05, 4.69) is 179 Å². The summed E-state index contributed by atoms with van der Waals surface area (Å²) in [6.45, 7) is 35.5. The van der Waals surface area contributed by atoms with E-state index in [0.29, 0.717) is 23.3 Å². The molecular formula is C78H82Cl2HfN2O4S2. The summed E-state index contributed by atoms with van der Waals surface area (Å²) in [6, 6.07) is 58.1. The Balaban J connectivity index is 0.000000553. The minimum absolute atomic E-state index is 0. The van der Waals surface area contributed by atoms with Gasteiger partial charge in [0.05, 0.1) is 54.3 Å². The molecule has 0 aliphatic heterocycles. The Labute approximate surface area is 563 Å². The fraction of sp³-hybridized carbons (Fsp3) is 0.256. The number of hydrogen-bond acceptors (Lipinski definition) is 4. The van der Waals surface area contributed by atoms with Crippen molar-refractivity contribution in [3.05, 3.63) is 238 Å². The second-order valence-corrected chi connectivity index (χ2v) is 29.6. The zero-order valence-electron chi connectivity index (χ0n) is 53.3. The molecule has 12 rings (SSSR count). The predicted octanol–water partition coefficient (Wildman–Crippen LogP) is 22.9. The van der Waals surface area contributed by atoms with Gasteiger partial charge in [0.1, 0.15) is 0 Å². The number of rotatable bonds is 11. The summed E-state index contributed by atoms with van der Waals surface area (Å²) in [5.74, 6) is 1.96. The molecule has 4 N–H and O–H groups in total. The first kappa shape index (κ1) is 66.6. The fourth-order valence-electron chi connectivity index (χ4n) is 11.1. The molecule has 0 radical (unpaired) electrons. The van der Waals surface area contributed by atoms with Crippen molar-refractivity contribution in [1.82, 2.24) is 9.13 Å². The quantitative estimate of drug-likeness (QED) is 0.0586. The van der Waals surface area contributed by atoms with Crippen molar-refractivity contribution in [2.24, 2.45) is 0 Å². The number of hydrogen-bond donors (Lipinski definition) is 2. The number of ether oxygens (including phenoxy) is 2. The van der Waals surface area contributed by atoms with Crippen LogP contribution in [0.3, 0.4) is 0 Å². The number of nitrogens with zero attached hydrogens (tertiary/aromatic N) is 2. The molecule has 6 nitrogen and oxygen atoms in total. The van der Waals surface area contributed by atoms with Crippen molar-refractivity contribution in [1.29, 1.82) is 0 Å². The van der Waals surface area contributed by atoms with E-state index in [4.69, 9.17) is 32.7 Å². The van der Waals surface area contributed by atoms with E-state index in [0.717, 1.165) is 89.8 Å². The SMILES string of the molecule is CC(C)(C)c1ccc2c(c1)c1cc(C(C)(C)C)ccc1n2-c1csc(-c2cc(Cl)ccc2[OH+]CCCC[OH+]c2ccc(Cl)cc2-c2scc(-n3c4ccc(C(C)(C)C)cc4c4cc(C(C)(C)C)ccc43)c2O)c1O.[CH2-]c1ccccc1.[CH2-]c1ccccc1.[Hf]. The third-order valence-electron chi connectivity index (χ3n) is 16.2. The van der Waals surface area contributed by atoms with Crippen LogP contribution in [0.4, 0.5) is 0 Å². The van der Waals surface area contributed by atoms with Crippen LogP contribution in [0.25, 0.3) is 75.9 Å². The molecule has 0 saturated carbocycles. The van der Waals surface area contributed by atoms with Crippen LogP contribution < -0.4 is 0 Å². The van der Waals surface area contributed by atoms with Gasteiger partial charge in [-0.15, -0.1) is 46.9 Å². The molecule has 0 unspecified atom stereocenters. The molecule has 0 aliphatic carbocycles. The van der Waals surface area contributed by atoms with Gasteiger partial charge in [-0.3, -0.25) is 0 Å². The molecule has 458 valence electrons. The van der Waals surface area contributed by atoms with Crippen LogP contribution in [0.5, 0.6) is 23.0 Å². The largest absolute Gasteiger partial charge is 0.582 e. The van der Waals surface area contributed by atoms with Gasteiger partial charge in [0.2, 0.25) is 0 Å². The molecule has 8 aromatic carbocycles. The van der Waals surface area contributed by atoms with E-state index in [1.165, 1.54) is 66.5 Å². The summed E-state index contributed by atoms with van der Waals surface area (Å²) in [7, 11) is 0. The molecule has 0 fully saturated rings. The van der Waals surface area contributed by atoms with Gasteiger partial charge < -0.3 is 28.8 Å². The zero-order valence-corrected chi connectivity index (χ0v) is 60.1. The normalized spacial score (nSPS) is 12.0. The summed E-state index contributed by atoms with van der Waals surface area (Å²) in [5.41, 5.74) is 14.4. The molecule has 0 bridgehead atoms. The van der Waals surface area contributed by atoms with Gasteiger partial charge in [0.15, 0.2) is 24.7 Å². The molecule has 0 spiro atoms. The number of thiophene rings is 2. The van der Waals surface area contributed by atoms with E-state index >= 15 is 0 Å². The monoisotopic (exact) mass is 1420 g/mol. The van der Waals surface area contributed by atoms with Crippen LogP contribution in [-0.4, -0.2) is 42.0 Å². The van der Waals surface area contributed by atoms with E-state index in [-0.39, 0.29) is 59.0 Å². The summed E-state index contributed by atoms with van der Waals surface area (Å²) < 4.78 is 14.5. The first-order chi connectivity index (χ1) is 41.7. The molecular weight excluding hydrogens is 1340 g/mol. The predicted molar refractivity (Wildman–Crippen MR) is 380 cm³/mol. The van der Waals surface area contributed by atoms with Crippen LogP contribution in [0.15, 0.2) is 181 Å². The average Bonchev–Trinajstić information content (AvgIpc) is 1.69. The third-order valence-corrected chi connectivity index (χ3v) is 18.6. The van der Waals surface area contributed by atoms with Crippen molar-refractivity contribution < 1.29 is 45.5 Å². The Bertz CT molecular complexity index is 4030. The van der Waals surface area contributed by atoms with Crippen molar-refractivity contribution in [2.45, 2.75) is 118 Å². The molecule has 89 heavy (non-hydrogen) atoms. The molecule has 12 aromatic rings. The molecule has 4 heterocycles. The fourth-order valence-corrected chi connectivity index (χ4v) is 13.3. The van der Waals surface area contributed by atoms with Crippen molar-refractivity contribution in [2.75, 3.05) is 13.2 Å². The molecule has 0 aliphatic rings. The second-order valence-electron chi connectivity index (χ2n) is 27.0. The van der Waals surface area contributed by atoms with Gasteiger partial charge in [-0.1, -0.05) is 143 Å². The Morgan fingerprint density at radius 2 is 0.697 bits per heavy atom. The van der Waals surface area contributed by atoms with Gasteiger partial charge in [-0.05, 0) is 117 Å². The molecule has 0 amide bonds. The number of aromatic nitrogens is 2. The van der Waals surface area contributed by atoms with E-state index < -0.39 is 0 Å². The molecule has 11 heteroatoms. The Morgan fingerprint density at radius 3 is 0.955 bits per heavy atom. The van der Waals surface area contributed by atoms with E-state index in [1.54, 1.807) is 0 Å². The van der Waals surface area contributed by atoms with Crippen molar-refractivity contribution in [3.8, 4) is 55.3 Å². The first-order valence-electron chi connectivity index (χ1n) is 30.2. The first-order valence-corrected chi connectivity index (χ1v) is 32.7. The van der Waals surface area contributed by atoms with Crippen LogP contribution >= 0.6 is 45.9 Å². The van der Waals surface area contributed by atoms with E-state index in [1.807, 2.05) is 108 Å². The van der Waals surface area contributed by atoms with Crippen LogP contribution in [0.2, 0.25) is 10.0 Å². The van der Waals surface area contributed by atoms with Crippen LogP contribution in [0.1, 0.15) is 129 Å². The Morgan fingerprint density at radius 1 is 0.404 bits per heavy atom. The van der Waals surface area contributed by atoms with Gasteiger partial charge in [0.25, 0.3) is 11.5 Å². The topological polar surface area (TPSA) is 75.9 Å². The second kappa shape index (κ2) is 26.9. The molecule has 0 saturated heterocycles. The van der Waals surface area contributed by atoms with Crippen LogP contribution in [0, 0.1) is 13.8 Å². The zero-order chi connectivity index (χ0) is 63.0. The summed E-state index contributed by atoms with van der Waals surface area (Å²) in [5, 5.41) is 34.3. The number of benzene rings is 8. The minimum atomic E-state index is -0.0184. The maximum Gasteiger partial charge on any atom is 0.263 e. The van der Waals surface area contributed by atoms with Crippen LogP contribution in [-0.2, 0) is 47.5 Å². The molecule has 4 aromatic heterocycles. The smallest absolute Gasteiger partial charge is 0.263 e. The van der Waals surface area contributed by atoms with Crippen molar-refractivity contribution >= 4 is 89.5 Å². The van der Waals surface area contributed by atoms with E-state index in [9.17, 15) is 10.2 Å². The van der Waals surface area contributed by atoms with Gasteiger partial charge >= 0.3 is 0 Å². The molecule has 0 atom stereocenters. The minimum Gasteiger partial charge on any atom is -0.582 e. The number of aromatic hydroxyl groups is 4. The summed E-state index contributed by atoms with van der Waals surface area (Å²) >= 11 is 16.3. The van der Waals surface area contributed by atoms with Gasteiger partial charge in [0, 0.05) is 93.2 Å². The van der Waals surface area contributed by atoms with Crippen molar-refractivity contribution in [3.63, 3.8) is 0 Å². The van der Waals surface area contributed by atoms with Gasteiger partial charge in [-0.25, -0.2) is 0 Å². The third kappa shape index (κ3) is 14.7. The summed E-state index contributed by atoms with van der Waals surface area (Å²) in [6.07, 6.45) is 1.58. The number of aliphatic hydroxyl groups is 2. The number of halogens is 2. The average molecular weight is 1430 g/mol. The van der Waals surface area contributed by atoms with Gasteiger partial charge in [-0.2, -0.15) is 49.2 Å². The number of fused-ring (bicyclic) bond motifs is 6.